The molecule has 0 spiro atoms. The molecule has 0 aromatic carbocycles. The van der Waals surface area contributed by atoms with Crippen LogP contribution in [0.4, 0.5) is 0 Å². The fourth-order valence-corrected chi connectivity index (χ4v) is 2.77. The second kappa shape index (κ2) is 8.89. The summed E-state index contributed by atoms with van der Waals surface area (Å²) in [5.41, 5.74) is 0. The van der Waals surface area contributed by atoms with Gasteiger partial charge in [0.05, 0.1) is 12.7 Å². The zero-order chi connectivity index (χ0) is 13.4. The number of hydrogen-bond donors (Lipinski definition) is 1. The van der Waals surface area contributed by atoms with Gasteiger partial charge in [0.25, 0.3) is 0 Å². The van der Waals surface area contributed by atoms with Crippen molar-refractivity contribution in [3.8, 4) is 0 Å². The Morgan fingerprint density at radius 3 is 2.78 bits per heavy atom. The summed E-state index contributed by atoms with van der Waals surface area (Å²) in [5, 5.41) is 3.62. The molecule has 0 aromatic heterocycles. The van der Waals surface area contributed by atoms with Crippen LogP contribution in [0.3, 0.4) is 0 Å². The molecular formula is C15H32N2O. The van der Waals surface area contributed by atoms with Gasteiger partial charge in [0.15, 0.2) is 0 Å². The third-order valence-corrected chi connectivity index (χ3v) is 3.81. The molecule has 0 radical (unpaired) electrons. The van der Waals surface area contributed by atoms with Crippen LogP contribution in [0.2, 0.25) is 0 Å². The van der Waals surface area contributed by atoms with E-state index in [1.807, 2.05) is 0 Å². The first-order valence-corrected chi connectivity index (χ1v) is 7.70. The molecule has 0 bridgehead atoms. The van der Waals surface area contributed by atoms with E-state index in [0.29, 0.717) is 12.1 Å². The van der Waals surface area contributed by atoms with E-state index in [4.69, 9.17) is 4.74 Å². The molecule has 3 nitrogen and oxygen atoms in total. The summed E-state index contributed by atoms with van der Waals surface area (Å²) in [5.74, 6) is 0.810. The Kier molecular flexibility index (Phi) is 7.87. The van der Waals surface area contributed by atoms with Gasteiger partial charge in [-0.05, 0) is 59.0 Å². The first-order chi connectivity index (χ1) is 8.63. The lowest BCUT2D eigenvalue weighted by Crippen LogP contribution is -2.45. The topological polar surface area (TPSA) is 24.5 Å². The Hall–Kier alpha value is -0.120. The maximum absolute atomic E-state index is 5.57. The van der Waals surface area contributed by atoms with Gasteiger partial charge in [-0.3, -0.25) is 0 Å². The predicted octanol–water partition coefficient (Wildman–Crippen LogP) is 2.51. The van der Waals surface area contributed by atoms with Crippen LogP contribution in [0, 0.1) is 5.92 Å². The van der Waals surface area contributed by atoms with Crippen LogP contribution in [0.1, 0.15) is 47.0 Å². The molecule has 0 amide bonds. The van der Waals surface area contributed by atoms with E-state index in [9.17, 15) is 0 Å². The largest absolute Gasteiger partial charge is 0.377 e. The molecule has 1 aliphatic rings. The minimum atomic E-state index is 0.344. The maximum atomic E-state index is 5.57. The lowest BCUT2D eigenvalue weighted by atomic mass is 9.91. The highest BCUT2D eigenvalue weighted by Gasteiger charge is 2.23. The molecule has 1 fully saturated rings. The van der Waals surface area contributed by atoms with Gasteiger partial charge < -0.3 is 15.0 Å². The fourth-order valence-electron chi connectivity index (χ4n) is 2.77. The Morgan fingerprint density at radius 2 is 2.11 bits per heavy atom. The van der Waals surface area contributed by atoms with Crippen LogP contribution >= 0.6 is 0 Å². The first kappa shape index (κ1) is 15.9. The van der Waals surface area contributed by atoms with Crippen molar-refractivity contribution in [2.24, 2.45) is 5.92 Å². The molecule has 1 heterocycles. The van der Waals surface area contributed by atoms with E-state index < -0.39 is 0 Å². The van der Waals surface area contributed by atoms with Crippen molar-refractivity contribution in [2.75, 3.05) is 32.8 Å². The smallest absolute Gasteiger partial charge is 0.0594 e. The zero-order valence-electron chi connectivity index (χ0n) is 12.7. The number of likely N-dealkylation sites (tertiary alicyclic amines) is 1. The van der Waals surface area contributed by atoms with E-state index in [2.05, 4.69) is 37.9 Å². The van der Waals surface area contributed by atoms with E-state index in [0.717, 1.165) is 19.1 Å². The highest BCUT2D eigenvalue weighted by Crippen LogP contribution is 2.19. The fraction of sp³-hybridized carbons (Fsp3) is 1.00. The minimum absolute atomic E-state index is 0.344. The molecule has 18 heavy (non-hydrogen) atoms. The van der Waals surface area contributed by atoms with Crippen molar-refractivity contribution < 1.29 is 4.74 Å². The SMILES string of the molecule is CCCN1CCCC(C(C)NCCOC(C)C)C1. The lowest BCUT2D eigenvalue weighted by Gasteiger charge is -2.36. The van der Waals surface area contributed by atoms with Gasteiger partial charge >= 0.3 is 0 Å². The molecule has 3 heteroatoms. The van der Waals surface area contributed by atoms with E-state index >= 15 is 0 Å². The number of nitrogens with zero attached hydrogens (tertiary/aromatic N) is 1. The predicted molar refractivity (Wildman–Crippen MR) is 78.0 cm³/mol. The molecule has 0 aliphatic carbocycles. The molecule has 108 valence electrons. The lowest BCUT2D eigenvalue weighted by molar-refractivity contribution is 0.0759. The number of ether oxygens (including phenoxy) is 1. The minimum Gasteiger partial charge on any atom is -0.377 e. The van der Waals surface area contributed by atoms with Crippen LogP contribution in [0.25, 0.3) is 0 Å². The summed E-state index contributed by atoms with van der Waals surface area (Å²) in [6.45, 7) is 14.4. The van der Waals surface area contributed by atoms with Crippen LogP contribution in [-0.4, -0.2) is 49.8 Å². The Bertz CT molecular complexity index is 207. The van der Waals surface area contributed by atoms with Crippen molar-refractivity contribution in [3.63, 3.8) is 0 Å². The summed E-state index contributed by atoms with van der Waals surface area (Å²) in [7, 11) is 0. The molecule has 2 atom stereocenters. The highest BCUT2D eigenvalue weighted by molar-refractivity contribution is 4.80. The van der Waals surface area contributed by atoms with Crippen molar-refractivity contribution in [1.29, 1.82) is 0 Å². The van der Waals surface area contributed by atoms with Crippen LogP contribution in [0.5, 0.6) is 0 Å². The zero-order valence-corrected chi connectivity index (χ0v) is 12.7. The van der Waals surface area contributed by atoms with Crippen molar-refractivity contribution in [3.05, 3.63) is 0 Å². The van der Waals surface area contributed by atoms with Crippen molar-refractivity contribution in [1.82, 2.24) is 10.2 Å². The number of rotatable bonds is 8. The van der Waals surface area contributed by atoms with E-state index in [1.165, 1.54) is 38.9 Å². The normalized spacial score (nSPS) is 23.5. The van der Waals surface area contributed by atoms with Gasteiger partial charge in [0.2, 0.25) is 0 Å². The Labute approximate surface area is 113 Å². The van der Waals surface area contributed by atoms with E-state index in [1.54, 1.807) is 0 Å². The average molecular weight is 256 g/mol. The van der Waals surface area contributed by atoms with Crippen LogP contribution < -0.4 is 5.32 Å². The molecule has 2 unspecified atom stereocenters. The third kappa shape index (κ3) is 6.17. The summed E-state index contributed by atoms with van der Waals surface area (Å²) in [6, 6.07) is 0.611. The Morgan fingerprint density at radius 1 is 1.33 bits per heavy atom. The molecule has 1 N–H and O–H groups in total. The summed E-state index contributed by atoms with van der Waals surface area (Å²) in [4.78, 5) is 2.62. The molecule has 0 saturated carbocycles. The highest BCUT2D eigenvalue weighted by atomic mass is 16.5. The van der Waals surface area contributed by atoms with Gasteiger partial charge in [0.1, 0.15) is 0 Å². The van der Waals surface area contributed by atoms with Gasteiger partial charge in [-0.15, -0.1) is 0 Å². The number of piperidine rings is 1. The molecule has 0 aromatic rings. The molecule has 1 aliphatic heterocycles. The first-order valence-electron chi connectivity index (χ1n) is 7.70. The van der Waals surface area contributed by atoms with Gasteiger partial charge in [0, 0.05) is 19.1 Å². The standard InChI is InChI=1S/C15H32N2O/c1-5-9-17-10-6-7-15(12-17)14(4)16-8-11-18-13(2)3/h13-16H,5-12H2,1-4H3. The van der Waals surface area contributed by atoms with Gasteiger partial charge in [-0.2, -0.15) is 0 Å². The summed E-state index contributed by atoms with van der Waals surface area (Å²) >= 11 is 0. The second-order valence-electron chi connectivity index (χ2n) is 5.87. The van der Waals surface area contributed by atoms with Crippen molar-refractivity contribution >= 4 is 0 Å². The molecule has 1 saturated heterocycles. The quantitative estimate of drug-likeness (QED) is 0.675. The van der Waals surface area contributed by atoms with Crippen molar-refractivity contribution in [2.45, 2.75) is 59.1 Å². The number of hydrogen-bond acceptors (Lipinski definition) is 3. The second-order valence-corrected chi connectivity index (χ2v) is 5.87. The third-order valence-electron chi connectivity index (χ3n) is 3.81. The number of nitrogens with one attached hydrogen (secondary N) is 1. The van der Waals surface area contributed by atoms with Crippen LogP contribution in [-0.2, 0) is 4.74 Å². The molecule has 1 rings (SSSR count). The Balaban J connectivity index is 2.17. The van der Waals surface area contributed by atoms with Gasteiger partial charge in [-0.25, -0.2) is 0 Å². The maximum Gasteiger partial charge on any atom is 0.0594 e. The van der Waals surface area contributed by atoms with Gasteiger partial charge in [-0.1, -0.05) is 6.92 Å². The molecular weight excluding hydrogens is 224 g/mol. The van der Waals surface area contributed by atoms with E-state index in [-0.39, 0.29) is 0 Å². The monoisotopic (exact) mass is 256 g/mol. The van der Waals surface area contributed by atoms with Crippen LogP contribution in [0.15, 0.2) is 0 Å². The summed E-state index contributed by atoms with van der Waals surface area (Å²) < 4.78 is 5.57. The summed E-state index contributed by atoms with van der Waals surface area (Å²) in [6.07, 6.45) is 4.35. The average Bonchev–Trinajstić information content (AvgIpc) is 2.35.